The lowest BCUT2D eigenvalue weighted by Gasteiger charge is -2.41. The SMILES string of the molecule is COC(=O)N(CCC1CCN(c2ccc(-c3ccc(F)cc3)cn2)CC1C(C)C)c1ncon1. The Kier molecular flexibility index (Phi) is 7.40. The second kappa shape index (κ2) is 10.6. The molecule has 9 heteroatoms. The molecule has 1 aliphatic rings. The molecule has 8 nitrogen and oxygen atoms in total. The van der Waals surface area contributed by atoms with Crippen molar-refractivity contribution in [2.75, 3.05) is 36.5 Å². The summed E-state index contributed by atoms with van der Waals surface area (Å²) in [6.45, 7) is 6.72. The summed E-state index contributed by atoms with van der Waals surface area (Å²) in [5, 5.41) is 3.79. The number of nitrogens with zero attached hydrogens (tertiary/aromatic N) is 5. The van der Waals surface area contributed by atoms with E-state index < -0.39 is 6.09 Å². The number of pyridine rings is 1. The van der Waals surface area contributed by atoms with Gasteiger partial charge in [0.2, 0.25) is 6.39 Å². The molecule has 2 unspecified atom stereocenters. The highest BCUT2D eigenvalue weighted by Gasteiger charge is 2.33. The maximum absolute atomic E-state index is 13.2. The Hall–Kier alpha value is -3.49. The number of anilines is 2. The van der Waals surface area contributed by atoms with E-state index in [-0.39, 0.29) is 11.8 Å². The van der Waals surface area contributed by atoms with Crippen LogP contribution in [0.1, 0.15) is 26.7 Å². The smallest absolute Gasteiger partial charge is 0.416 e. The number of halogens is 1. The number of aromatic nitrogens is 3. The number of methoxy groups -OCH3 is 1. The van der Waals surface area contributed by atoms with Crippen LogP contribution in [0, 0.1) is 23.6 Å². The van der Waals surface area contributed by atoms with E-state index >= 15 is 0 Å². The van der Waals surface area contributed by atoms with Crippen LogP contribution in [0.3, 0.4) is 0 Å². The Morgan fingerprint density at radius 3 is 2.59 bits per heavy atom. The van der Waals surface area contributed by atoms with Gasteiger partial charge in [0.05, 0.1) is 7.11 Å². The molecule has 0 N–H and O–H groups in total. The first kappa shape index (κ1) is 23.7. The second-order valence-corrected chi connectivity index (χ2v) is 8.96. The zero-order chi connectivity index (χ0) is 24.1. The molecule has 4 rings (SSSR count). The van der Waals surface area contributed by atoms with E-state index in [4.69, 9.17) is 14.2 Å². The summed E-state index contributed by atoms with van der Waals surface area (Å²) < 4.78 is 22.9. The van der Waals surface area contributed by atoms with Crippen LogP contribution >= 0.6 is 0 Å². The van der Waals surface area contributed by atoms with Gasteiger partial charge in [-0.1, -0.05) is 26.0 Å². The van der Waals surface area contributed by atoms with Gasteiger partial charge >= 0.3 is 6.09 Å². The lowest BCUT2D eigenvalue weighted by molar-refractivity contribution is 0.173. The quantitative estimate of drug-likeness (QED) is 0.482. The number of carbonyl (C=O) groups excluding carboxylic acids is 1. The fourth-order valence-corrected chi connectivity index (χ4v) is 4.70. The predicted molar refractivity (Wildman–Crippen MR) is 127 cm³/mol. The molecule has 34 heavy (non-hydrogen) atoms. The summed E-state index contributed by atoms with van der Waals surface area (Å²) in [7, 11) is 1.35. The zero-order valence-corrected chi connectivity index (χ0v) is 19.7. The third-order valence-electron chi connectivity index (χ3n) is 6.62. The average Bonchev–Trinajstić information content (AvgIpc) is 3.39. The maximum atomic E-state index is 13.2. The highest BCUT2D eigenvalue weighted by Crippen LogP contribution is 2.34. The van der Waals surface area contributed by atoms with Gasteiger partial charge in [-0.25, -0.2) is 19.1 Å². The summed E-state index contributed by atoms with van der Waals surface area (Å²) >= 11 is 0. The van der Waals surface area contributed by atoms with Gasteiger partial charge in [-0.2, -0.15) is 4.98 Å². The van der Waals surface area contributed by atoms with Crippen LogP contribution in [0.4, 0.5) is 21.0 Å². The number of carbonyl (C=O) groups is 1. The number of hydrogen-bond donors (Lipinski definition) is 0. The normalized spacial score (nSPS) is 18.2. The van der Waals surface area contributed by atoms with E-state index in [1.54, 1.807) is 12.1 Å². The molecular weight excluding hydrogens is 437 g/mol. The first-order valence-corrected chi connectivity index (χ1v) is 11.5. The molecule has 0 saturated carbocycles. The van der Waals surface area contributed by atoms with Crippen LogP contribution in [-0.2, 0) is 4.74 Å². The van der Waals surface area contributed by atoms with Crippen molar-refractivity contribution in [3.05, 3.63) is 54.8 Å². The van der Waals surface area contributed by atoms with Crippen molar-refractivity contribution < 1.29 is 18.4 Å². The molecule has 1 amide bonds. The van der Waals surface area contributed by atoms with Crippen LogP contribution < -0.4 is 9.80 Å². The Bertz CT molecular complexity index is 1060. The highest BCUT2D eigenvalue weighted by molar-refractivity contribution is 5.84. The largest absolute Gasteiger partial charge is 0.452 e. The van der Waals surface area contributed by atoms with E-state index in [1.807, 2.05) is 18.3 Å². The monoisotopic (exact) mass is 467 g/mol. The molecule has 180 valence electrons. The molecule has 2 aromatic heterocycles. The highest BCUT2D eigenvalue weighted by atomic mass is 19.1. The van der Waals surface area contributed by atoms with Crippen molar-refractivity contribution in [1.29, 1.82) is 0 Å². The summed E-state index contributed by atoms with van der Waals surface area (Å²) in [6, 6.07) is 10.5. The Morgan fingerprint density at radius 1 is 1.21 bits per heavy atom. The van der Waals surface area contributed by atoms with Crippen molar-refractivity contribution in [2.45, 2.75) is 26.7 Å². The second-order valence-electron chi connectivity index (χ2n) is 8.96. The van der Waals surface area contributed by atoms with Gasteiger partial charge in [0, 0.05) is 31.4 Å². The number of piperidine rings is 1. The summed E-state index contributed by atoms with van der Waals surface area (Å²) in [5.41, 5.74) is 1.90. The van der Waals surface area contributed by atoms with Crippen molar-refractivity contribution in [1.82, 2.24) is 15.1 Å². The topological polar surface area (TPSA) is 84.6 Å². The summed E-state index contributed by atoms with van der Waals surface area (Å²) in [4.78, 5) is 24.7. The number of ether oxygens (including phenoxy) is 1. The van der Waals surface area contributed by atoms with E-state index in [1.165, 1.54) is 30.5 Å². The van der Waals surface area contributed by atoms with Crippen LogP contribution in [0.15, 0.2) is 53.5 Å². The van der Waals surface area contributed by atoms with Crippen LogP contribution in [-0.4, -0.2) is 48.0 Å². The molecule has 1 fully saturated rings. The van der Waals surface area contributed by atoms with Gasteiger partial charge in [-0.3, -0.25) is 0 Å². The Balaban J connectivity index is 1.41. The van der Waals surface area contributed by atoms with Crippen molar-refractivity contribution in [3.8, 4) is 11.1 Å². The molecule has 3 heterocycles. The molecule has 0 bridgehead atoms. The minimum Gasteiger partial charge on any atom is -0.452 e. The molecule has 1 saturated heterocycles. The van der Waals surface area contributed by atoms with E-state index in [0.29, 0.717) is 24.3 Å². The van der Waals surface area contributed by atoms with Gasteiger partial charge in [-0.05, 0) is 65.6 Å². The molecule has 1 aliphatic heterocycles. The van der Waals surface area contributed by atoms with E-state index in [9.17, 15) is 9.18 Å². The van der Waals surface area contributed by atoms with Gasteiger partial charge in [0.1, 0.15) is 11.6 Å². The lowest BCUT2D eigenvalue weighted by Crippen LogP contribution is -2.44. The van der Waals surface area contributed by atoms with Crippen LogP contribution in [0.2, 0.25) is 0 Å². The van der Waals surface area contributed by atoms with Crippen molar-refractivity contribution in [2.24, 2.45) is 17.8 Å². The van der Waals surface area contributed by atoms with Crippen LogP contribution in [0.25, 0.3) is 11.1 Å². The predicted octanol–water partition coefficient (Wildman–Crippen LogP) is 5.03. The molecule has 1 aromatic carbocycles. The fraction of sp³-hybridized carbons (Fsp3) is 0.440. The summed E-state index contributed by atoms with van der Waals surface area (Å²) in [6.07, 6.45) is 4.36. The third-order valence-corrected chi connectivity index (χ3v) is 6.62. The summed E-state index contributed by atoms with van der Waals surface area (Å²) in [5.74, 6) is 2.27. The third kappa shape index (κ3) is 5.35. The van der Waals surface area contributed by atoms with Gasteiger partial charge in [-0.15, -0.1) is 0 Å². The molecule has 3 aromatic rings. The molecule has 2 atom stereocenters. The molecule has 0 radical (unpaired) electrons. The first-order chi connectivity index (χ1) is 16.5. The zero-order valence-electron chi connectivity index (χ0n) is 19.7. The Labute approximate surface area is 198 Å². The van der Waals surface area contributed by atoms with Crippen molar-refractivity contribution >= 4 is 17.9 Å². The standard InChI is InChI=1S/C25H30FN5O3/c1-17(2)22-15-30(23-9-6-20(14-27-23)18-4-7-21(26)8-5-18)12-10-19(22)11-13-31(25(32)33-3)24-28-16-34-29-24/h4-9,14,16-17,19,22H,10-13,15H2,1-3H3. The number of benzene rings is 1. The lowest BCUT2D eigenvalue weighted by atomic mass is 9.76. The minimum atomic E-state index is -0.495. The molecular formula is C25H30FN5O3. The molecule has 0 aliphatic carbocycles. The van der Waals surface area contributed by atoms with E-state index in [2.05, 4.69) is 28.9 Å². The first-order valence-electron chi connectivity index (χ1n) is 11.5. The molecule has 0 spiro atoms. The number of amides is 1. The van der Waals surface area contributed by atoms with Crippen molar-refractivity contribution in [3.63, 3.8) is 0 Å². The van der Waals surface area contributed by atoms with E-state index in [0.717, 1.165) is 42.9 Å². The number of rotatable bonds is 7. The Morgan fingerprint density at radius 2 is 1.97 bits per heavy atom. The minimum absolute atomic E-state index is 0.218. The maximum Gasteiger partial charge on any atom is 0.416 e. The average molecular weight is 468 g/mol. The van der Waals surface area contributed by atoms with Crippen LogP contribution in [0.5, 0.6) is 0 Å². The number of hydrogen-bond acceptors (Lipinski definition) is 7. The van der Waals surface area contributed by atoms with Gasteiger partial charge in [0.15, 0.2) is 0 Å². The van der Waals surface area contributed by atoms with Gasteiger partial charge in [0.25, 0.3) is 5.95 Å². The fourth-order valence-electron chi connectivity index (χ4n) is 4.70. The van der Waals surface area contributed by atoms with Gasteiger partial charge < -0.3 is 14.2 Å².